The van der Waals surface area contributed by atoms with Crippen molar-refractivity contribution in [3.63, 3.8) is 0 Å². The maximum absolute atomic E-state index is 13.7. The molecule has 8 nitrogen and oxygen atoms in total. The molecule has 1 saturated heterocycles. The SMILES string of the molecule is CC(C)(C)[C@H](NC(=O)C(F)(F)Cl)C(=O)N1C[C@H]2[C@@H]([C@H]1C(=O)NC(C#N)c1cncc3ccccc13)C2(C)C. The minimum Gasteiger partial charge on any atom is -0.337 e. The van der Waals surface area contributed by atoms with E-state index < -0.39 is 46.6 Å². The molecule has 2 aliphatic rings. The molecule has 0 bridgehead atoms. The van der Waals surface area contributed by atoms with Gasteiger partial charge in [0.15, 0.2) is 0 Å². The van der Waals surface area contributed by atoms with E-state index in [4.69, 9.17) is 11.6 Å². The smallest absolute Gasteiger partial charge is 0.337 e. The lowest BCUT2D eigenvalue weighted by Crippen LogP contribution is -2.60. The van der Waals surface area contributed by atoms with Gasteiger partial charge in [0, 0.05) is 29.9 Å². The van der Waals surface area contributed by atoms with Gasteiger partial charge in [0.2, 0.25) is 11.8 Å². The Hall–Kier alpha value is -3.32. The fourth-order valence-corrected chi connectivity index (χ4v) is 5.67. The number of nitriles is 1. The Morgan fingerprint density at radius 2 is 1.84 bits per heavy atom. The Kier molecular flexibility index (Phi) is 6.89. The van der Waals surface area contributed by atoms with Crippen molar-refractivity contribution in [3.05, 3.63) is 42.2 Å². The molecule has 4 rings (SSSR count). The predicted molar refractivity (Wildman–Crippen MR) is 137 cm³/mol. The van der Waals surface area contributed by atoms with Gasteiger partial charge in [0.05, 0.1) is 6.07 Å². The van der Waals surface area contributed by atoms with Crippen LogP contribution in [0.25, 0.3) is 10.8 Å². The molecule has 0 radical (unpaired) electrons. The molecule has 2 N–H and O–H groups in total. The zero-order valence-electron chi connectivity index (χ0n) is 21.8. The second-order valence-corrected chi connectivity index (χ2v) is 12.2. The summed E-state index contributed by atoms with van der Waals surface area (Å²) in [5, 5.41) is 12.2. The molecule has 2 aromatic rings. The third-order valence-electron chi connectivity index (χ3n) is 7.83. The van der Waals surface area contributed by atoms with Crippen molar-refractivity contribution in [2.75, 3.05) is 6.54 Å². The molecule has 1 aromatic heterocycles. The van der Waals surface area contributed by atoms with Gasteiger partial charge in [-0.3, -0.25) is 19.4 Å². The van der Waals surface area contributed by atoms with Crippen LogP contribution in [0.15, 0.2) is 36.7 Å². The minimum absolute atomic E-state index is 0.00717. The van der Waals surface area contributed by atoms with Crippen molar-refractivity contribution >= 4 is 40.1 Å². The quantitative estimate of drug-likeness (QED) is 0.536. The average molecular weight is 546 g/mol. The number of fused-ring (bicyclic) bond motifs is 2. The Morgan fingerprint density at radius 3 is 2.45 bits per heavy atom. The first-order valence-electron chi connectivity index (χ1n) is 12.3. The van der Waals surface area contributed by atoms with Crippen molar-refractivity contribution in [1.29, 1.82) is 5.26 Å². The summed E-state index contributed by atoms with van der Waals surface area (Å²) in [6, 6.07) is 6.13. The van der Waals surface area contributed by atoms with Gasteiger partial charge < -0.3 is 15.5 Å². The number of hydrogen-bond acceptors (Lipinski definition) is 5. The number of hydrogen-bond donors (Lipinski definition) is 2. The molecule has 1 saturated carbocycles. The van der Waals surface area contributed by atoms with Crippen molar-refractivity contribution in [1.82, 2.24) is 20.5 Å². The Labute approximate surface area is 224 Å². The molecule has 2 fully saturated rings. The first-order valence-corrected chi connectivity index (χ1v) is 12.7. The topological polar surface area (TPSA) is 115 Å². The van der Waals surface area contributed by atoms with E-state index in [-0.39, 0.29) is 23.8 Å². The van der Waals surface area contributed by atoms with E-state index in [0.29, 0.717) is 5.56 Å². The molecule has 1 unspecified atom stereocenters. The van der Waals surface area contributed by atoms with Crippen LogP contribution in [0, 0.1) is 34.0 Å². The molecule has 5 atom stereocenters. The van der Waals surface area contributed by atoms with Crippen LogP contribution in [0.1, 0.15) is 46.2 Å². The van der Waals surface area contributed by atoms with E-state index in [9.17, 15) is 28.4 Å². The maximum Gasteiger partial charge on any atom is 0.399 e. The number of piperidine rings is 1. The van der Waals surface area contributed by atoms with Gasteiger partial charge in [-0.1, -0.05) is 58.9 Å². The van der Waals surface area contributed by atoms with Crippen molar-refractivity contribution < 1.29 is 23.2 Å². The van der Waals surface area contributed by atoms with Crippen LogP contribution >= 0.6 is 11.6 Å². The summed E-state index contributed by atoms with van der Waals surface area (Å²) in [6.07, 6.45) is 3.19. The molecule has 3 amide bonds. The van der Waals surface area contributed by atoms with Gasteiger partial charge in [-0.05, 0) is 39.7 Å². The fourth-order valence-electron chi connectivity index (χ4n) is 5.62. The monoisotopic (exact) mass is 545 g/mol. The number of carbonyl (C=O) groups excluding carboxylic acids is 3. The number of likely N-dealkylation sites (tertiary alicyclic amines) is 1. The van der Waals surface area contributed by atoms with Crippen LogP contribution in [0.3, 0.4) is 0 Å². The highest BCUT2D eigenvalue weighted by Gasteiger charge is 2.70. The van der Waals surface area contributed by atoms with Crippen LogP contribution in [0.4, 0.5) is 8.78 Å². The van der Waals surface area contributed by atoms with Gasteiger partial charge in [-0.2, -0.15) is 14.0 Å². The molecule has 1 aliphatic heterocycles. The molecule has 202 valence electrons. The van der Waals surface area contributed by atoms with Gasteiger partial charge in [-0.15, -0.1) is 0 Å². The van der Waals surface area contributed by atoms with Gasteiger partial charge in [0.1, 0.15) is 18.1 Å². The van der Waals surface area contributed by atoms with Crippen molar-refractivity contribution in [2.24, 2.45) is 22.7 Å². The minimum atomic E-state index is -4.19. The molecule has 1 aliphatic carbocycles. The van der Waals surface area contributed by atoms with Gasteiger partial charge in [-0.25, -0.2) is 0 Å². The first-order chi connectivity index (χ1) is 17.6. The highest BCUT2D eigenvalue weighted by molar-refractivity contribution is 6.32. The number of halogens is 3. The van der Waals surface area contributed by atoms with E-state index in [2.05, 4.69) is 21.7 Å². The Morgan fingerprint density at radius 1 is 1.18 bits per heavy atom. The lowest BCUT2D eigenvalue weighted by Gasteiger charge is -2.38. The number of aromatic nitrogens is 1. The van der Waals surface area contributed by atoms with Gasteiger partial charge in [0.25, 0.3) is 0 Å². The van der Waals surface area contributed by atoms with E-state index in [1.807, 2.05) is 38.1 Å². The second-order valence-electron chi connectivity index (χ2n) is 11.7. The van der Waals surface area contributed by atoms with Crippen LogP contribution in [-0.2, 0) is 14.4 Å². The lowest BCUT2D eigenvalue weighted by atomic mass is 9.85. The molecule has 0 spiro atoms. The average Bonchev–Trinajstić information content (AvgIpc) is 3.16. The zero-order valence-corrected chi connectivity index (χ0v) is 22.5. The first kappa shape index (κ1) is 27.7. The molecule has 1 aromatic carbocycles. The predicted octanol–water partition coefficient (Wildman–Crippen LogP) is 3.76. The number of carbonyl (C=O) groups is 3. The summed E-state index contributed by atoms with van der Waals surface area (Å²) in [6.45, 7) is 9.09. The van der Waals surface area contributed by atoms with E-state index >= 15 is 0 Å². The number of nitrogens with zero attached hydrogens (tertiary/aromatic N) is 3. The van der Waals surface area contributed by atoms with E-state index in [0.717, 1.165) is 10.8 Å². The fraction of sp³-hybridized carbons (Fsp3) is 0.519. The molecule has 11 heteroatoms. The van der Waals surface area contributed by atoms with Crippen LogP contribution in [-0.4, -0.2) is 51.6 Å². The number of rotatable bonds is 6. The number of alkyl halides is 3. The normalized spacial score (nSPS) is 23.7. The highest BCUT2D eigenvalue weighted by atomic mass is 35.5. The van der Waals surface area contributed by atoms with E-state index in [1.54, 1.807) is 27.0 Å². The number of amides is 3. The summed E-state index contributed by atoms with van der Waals surface area (Å²) < 4.78 is 26.9. The van der Waals surface area contributed by atoms with Crippen LogP contribution < -0.4 is 10.6 Å². The number of benzene rings is 1. The van der Waals surface area contributed by atoms with Crippen molar-refractivity contribution in [2.45, 2.75) is 58.1 Å². The summed E-state index contributed by atoms with van der Waals surface area (Å²) >= 11 is 4.89. The summed E-state index contributed by atoms with van der Waals surface area (Å²) in [4.78, 5) is 45.0. The number of nitrogens with one attached hydrogen (secondary N) is 2. The zero-order chi connectivity index (χ0) is 28.2. The maximum atomic E-state index is 13.7. The Balaban J connectivity index is 1.63. The van der Waals surface area contributed by atoms with Gasteiger partial charge >= 0.3 is 11.3 Å². The largest absolute Gasteiger partial charge is 0.399 e. The summed E-state index contributed by atoms with van der Waals surface area (Å²) in [7, 11) is 0. The van der Waals surface area contributed by atoms with E-state index in [1.165, 1.54) is 11.1 Å². The summed E-state index contributed by atoms with van der Waals surface area (Å²) in [5.41, 5.74) is -0.668. The molecular formula is C27H30ClF2N5O3. The third-order valence-corrected chi connectivity index (χ3v) is 8.00. The van der Waals surface area contributed by atoms with Crippen molar-refractivity contribution in [3.8, 4) is 6.07 Å². The molecule has 2 heterocycles. The lowest BCUT2D eigenvalue weighted by molar-refractivity contribution is -0.148. The highest BCUT2D eigenvalue weighted by Crippen LogP contribution is 2.65. The summed E-state index contributed by atoms with van der Waals surface area (Å²) in [5.74, 6) is -3.16. The number of pyridine rings is 1. The second kappa shape index (κ2) is 9.45. The van der Waals surface area contributed by atoms with Crippen LogP contribution in [0.5, 0.6) is 0 Å². The standard InChI is InChI=1S/C27H30ClF2N5O3/c1-25(2,3)21(34-24(38)27(28,29)30)23(37)35-13-17-19(26(17,4)5)20(35)22(36)33-18(10-31)16-12-32-11-14-8-6-7-9-15(14)16/h6-9,11-12,17-21H,13H2,1-5H3,(H,33,36)(H,34,38)/t17-,18?,19-,20-,21+/m0/s1. The molecular weight excluding hydrogens is 516 g/mol. The molecule has 38 heavy (non-hydrogen) atoms. The van der Waals surface area contributed by atoms with Crippen LogP contribution in [0.2, 0.25) is 0 Å². The Bertz CT molecular complexity index is 1330. The third kappa shape index (κ3) is 4.92.